The Morgan fingerprint density at radius 1 is 1.47 bits per heavy atom. The van der Waals surface area contributed by atoms with Crippen LogP contribution in [0.5, 0.6) is 0 Å². The van der Waals surface area contributed by atoms with E-state index < -0.39 is 0 Å². The minimum absolute atomic E-state index is 0.190. The van der Waals surface area contributed by atoms with Gasteiger partial charge >= 0.3 is 0 Å². The Hall–Kier alpha value is -0.710. The zero-order chi connectivity index (χ0) is 13.7. The fourth-order valence-electron chi connectivity index (χ4n) is 2.07. The van der Waals surface area contributed by atoms with Gasteiger partial charge in [0.05, 0.1) is 0 Å². The Bertz CT molecular complexity index is 418. The molecule has 19 heavy (non-hydrogen) atoms. The van der Waals surface area contributed by atoms with Gasteiger partial charge in [-0.15, -0.1) is 0 Å². The van der Waals surface area contributed by atoms with Crippen LogP contribution in [0.3, 0.4) is 0 Å². The van der Waals surface area contributed by atoms with Gasteiger partial charge < -0.3 is 10.2 Å². The second kappa shape index (κ2) is 7.17. The Balaban J connectivity index is 1.83. The Kier molecular flexibility index (Phi) is 5.55. The summed E-state index contributed by atoms with van der Waals surface area (Å²) in [6.45, 7) is 1.64. The Labute approximate surface area is 123 Å². The van der Waals surface area contributed by atoms with E-state index in [4.69, 9.17) is 11.6 Å². The third-order valence-corrected chi connectivity index (χ3v) is 4.56. The molecule has 1 heterocycles. The smallest absolute Gasteiger partial charge is 0.224 e. The van der Waals surface area contributed by atoms with Gasteiger partial charge in [-0.25, -0.2) is 0 Å². The van der Waals surface area contributed by atoms with Gasteiger partial charge in [0, 0.05) is 49.1 Å². The first-order chi connectivity index (χ1) is 9.15. The van der Waals surface area contributed by atoms with Gasteiger partial charge in [0.15, 0.2) is 0 Å². The maximum Gasteiger partial charge on any atom is 0.224 e. The number of nitrogens with one attached hydrogen (secondary N) is 1. The molecule has 1 atom stereocenters. The highest BCUT2D eigenvalue weighted by Crippen LogP contribution is 2.14. The molecule has 1 fully saturated rings. The summed E-state index contributed by atoms with van der Waals surface area (Å²) in [4.78, 5) is 13.9. The number of carbonyl (C=O) groups excluding carboxylic acids is 1. The lowest BCUT2D eigenvalue weighted by Gasteiger charge is -2.25. The normalized spacial score (nSPS) is 19.2. The largest absolute Gasteiger partial charge is 0.341 e. The van der Waals surface area contributed by atoms with Crippen molar-refractivity contribution >= 4 is 29.3 Å². The van der Waals surface area contributed by atoms with Crippen molar-refractivity contribution < 1.29 is 4.79 Å². The molecule has 0 spiro atoms. The van der Waals surface area contributed by atoms with Crippen LogP contribution in [0.15, 0.2) is 24.3 Å². The van der Waals surface area contributed by atoms with Crippen LogP contribution in [-0.4, -0.2) is 41.9 Å². The Morgan fingerprint density at radius 3 is 2.84 bits per heavy atom. The lowest BCUT2D eigenvalue weighted by molar-refractivity contribution is -0.130. The van der Waals surface area contributed by atoms with Crippen LogP contribution in [0.25, 0.3) is 0 Å². The molecule has 1 aliphatic heterocycles. The number of carbonyl (C=O) groups is 1. The highest BCUT2D eigenvalue weighted by molar-refractivity contribution is 7.99. The predicted octanol–water partition coefficient (Wildman–Crippen LogP) is 2.39. The standard InChI is InChI=1S/C14H19ClN2OS/c1-17(9-11-2-4-12(15)5-3-11)14(18)8-13-10-19-7-6-16-13/h2-5,13,16H,6-10H2,1H3. The molecule has 5 heteroatoms. The van der Waals surface area contributed by atoms with Gasteiger partial charge in [0.25, 0.3) is 0 Å². The summed E-state index contributed by atoms with van der Waals surface area (Å²) in [5.74, 6) is 2.36. The monoisotopic (exact) mass is 298 g/mol. The minimum Gasteiger partial charge on any atom is -0.341 e. The van der Waals surface area contributed by atoms with Crippen LogP contribution in [0.4, 0.5) is 0 Å². The van der Waals surface area contributed by atoms with Crippen LogP contribution in [0.2, 0.25) is 5.02 Å². The van der Waals surface area contributed by atoms with Crippen molar-refractivity contribution in [2.75, 3.05) is 25.1 Å². The third-order valence-electron chi connectivity index (χ3n) is 3.18. The molecule has 3 nitrogen and oxygen atoms in total. The van der Waals surface area contributed by atoms with Crippen molar-refractivity contribution in [3.63, 3.8) is 0 Å². The van der Waals surface area contributed by atoms with Gasteiger partial charge in [-0.05, 0) is 17.7 Å². The summed E-state index contributed by atoms with van der Waals surface area (Å²) >= 11 is 7.76. The average molecular weight is 299 g/mol. The Morgan fingerprint density at radius 2 is 2.21 bits per heavy atom. The maximum absolute atomic E-state index is 12.1. The molecule has 1 aromatic carbocycles. The number of hydrogen-bond donors (Lipinski definition) is 1. The quantitative estimate of drug-likeness (QED) is 0.926. The molecule has 1 amide bonds. The number of hydrogen-bond acceptors (Lipinski definition) is 3. The molecule has 0 bridgehead atoms. The highest BCUT2D eigenvalue weighted by atomic mass is 35.5. The first-order valence-corrected chi connectivity index (χ1v) is 7.98. The minimum atomic E-state index is 0.190. The van der Waals surface area contributed by atoms with E-state index in [9.17, 15) is 4.79 Å². The van der Waals surface area contributed by atoms with E-state index in [2.05, 4.69) is 5.32 Å². The number of halogens is 1. The summed E-state index contributed by atoms with van der Waals surface area (Å²) in [6.07, 6.45) is 0.580. The number of rotatable bonds is 4. The molecule has 0 radical (unpaired) electrons. The number of benzene rings is 1. The van der Waals surface area contributed by atoms with Gasteiger partial charge in [0.1, 0.15) is 0 Å². The van der Waals surface area contributed by atoms with E-state index in [0.717, 1.165) is 28.6 Å². The van der Waals surface area contributed by atoms with E-state index in [1.807, 2.05) is 43.1 Å². The molecule has 1 aliphatic rings. The van der Waals surface area contributed by atoms with Crippen LogP contribution >= 0.6 is 23.4 Å². The topological polar surface area (TPSA) is 32.3 Å². The lowest BCUT2D eigenvalue weighted by Crippen LogP contribution is -2.41. The van der Waals surface area contributed by atoms with Gasteiger partial charge in [-0.3, -0.25) is 4.79 Å². The highest BCUT2D eigenvalue weighted by Gasteiger charge is 2.19. The van der Waals surface area contributed by atoms with Crippen molar-refractivity contribution in [1.82, 2.24) is 10.2 Å². The molecule has 0 saturated carbocycles. The summed E-state index contributed by atoms with van der Waals surface area (Å²) in [5.41, 5.74) is 1.10. The van der Waals surface area contributed by atoms with E-state index in [0.29, 0.717) is 19.0 Å². The first-order valence-electron chi connectivity index (χ1n) is 6.44. The fourth-order valence-corrected chi connectivity index (χ4v) is 3.14. The summed E-state index contributed by atoms with van der Waals surface area (Å²) in [7, 11) is 1.85. The molecule has 104 valence electrons. The van der Waals surface area contributed by atoms with Crippen molar-refractivity contribution in [3.05, 3.63) is 34.9 Å². The second-order valence-corrected chi connectivity index (χ2v) is 6.39. The van der Waals surface area contributed by atoms with Crippen LogP contribution in [0, 0.1) is 0 Å². The number of nitrogens with zero attached hydrogens (tertiary/aromatic N) is 1. The second-order valence-electron chi connectivity index (χ2n) is 4.81. The molecular formula is C14H19ClN2OS. The maximum atomic E-state index is 12.1. The molecule has 1 saturated heterocycles. The molecule has 1 unspecified atom stereocenters. The van der Waals surface area contributed by atoms with Crippen molar-refractivity contribution in [2.24, 2.45) is 0 Å². The molecular weight excluding hydrogens is 280 g/mol. The summed E-state index contributed by atoms with van der Waals surface area (Å²) in [6, 6.07) is 7.95. The fraction of sp³-hybridized carbons (Fsp3) is 0.500. The van der Waals surface area contributed by atoms with Gasteiger partial charge in [-0.1, -0.05) is 23.7 Å². The summed E-state index contributed by atoms with van der Waals surface area (Å²) < 4.78 is 0. The van der Waals surface area contributed by atoms with Gasteiger partial charge in [-0.2, -0.15) is 11.8 Å². The van der Waals surface area contributed by atoms with Crippen molar-refractivity contribution in [2.45, 2.75) is 19.0 Å². The molecule has 0 aromatic heterocycles. The van der Waals surface area contributed by atoms with Crippen LogP contribution < -0.4 is 5.32 Å². The molecule has 0 aliphatic carbocycles. The van der Waals surface area contributed by atoms with E-state index in [1.54, 1.807) is 4.90 Å². The van der Waals surface area contributed by atoms with E-state index in [1.165, 1.54) is 0 Å². The van der Waals surface area contributed by atoms with Crippen molar-refractivity contribution in [3.8, 4) is 0 Å². The van der Waals surface area contributed by atoms with E-state index in [-0.39, 0.29) is 5.91 Å². The molecule has 1 aromatic rings. The van der Waals surface area contributed by atoms with E-state index >= 15 is 0 Å². The van der Waals surface area contributed by atoms with Crippen LogP contribution in [-0.2, 0) is 11.3 Å². The zero-order valence-corrected chi connectivity index (χ0v) is 12.6. The predicted molar refractivity (Wildman–Crippen MR) is 81.7 cm³/mol. The molecule has 2 rings (SSSR count). The lowest BCUT2D eigenvalue weighted by atomic mass is 10.2. The first kappa shape index (κ1) is 14.7. The third kappa shape index (κ3) is 4.71. The van der Waals surface area contributed by atoms with Gasteiger partial charge in [0.2, 0.25) is 5.91 Å². The average Bonchev–Trinajstić information content (AvgIpc) is 2.42. The number of amides is 1. The SMILES string of the molecule is CN(Cc1ccc(Cl)cc1)C(=O)CC1CSCCN1. The number of thioether (sulfide) groups is 1. The van der Waals surface area contributed by atoms with Crippen LogP contribution in [0.1, 0.15) is 12.0 Å². The zero-order valence-electron chi connectivity index (χ0n) is 11.1. The van der Waals surface area contributed by atoms with Crippen molar-refractivity contribution in [1.29, 1.82) is 0 Å². The summed E-state index contributed by atoms with van der Waals surface area (Å²) in [5, 5.41) is 4.11. The molecule has 1 N–H and O–H groups in total.